The number of carboxylic acids is 1. The summed E-state index contributed by atoms with van der Waals surface area (Å²) in [5, 5.41) is 9.65. The van der Waals surface area contributed by atoms with Crippen molar-refractivity contribution in [1.29, 1.82) is 0 Å². The van der Waals surface area contributed by atoms with Crippen molar-refractivity contribution in [2.24, 2.45) is 28.9 Å². The van der Waals surface area contributed by atoms with E-state index in [1.165, 1.54) is 19.3 Å². The normalized spacial score (nSPS) is 44.6. The summed E-state index contributed by atoms with van der Waals surface area (Å²) in [6.45, 7) is 3.71. The number of aliphatic carboxylic acids is 1. The zero-order valence-corrected chi connectivity index (χ0v) is 10.9. The molecule has 100 valence electrons. The molecule has 0 aliphatic heterocycles. The standard InChI is InChI=1S/C15H23NO2/c1-2-3-15(16,13(17)18)14-7-10-4-11(8-14)6-12(5-10)9-14/h2,10-12H,1,3-9,16H2,(H,17,18). The lowest BCUT2D eigenvalue weighted by Crippen LogP contribution is -2.66. The fourth-order valence-corrected chi connectivity index (χ4v) is 5.42. The molecule has 18 heavy (non-hydrogen) atoms. The highest BCUT2D eigenvalue weighted by atomic mass is 16.4. The second-order valence-corrected chi connectivity index (χ2v) is 6.97. The molecule has 4 aliphatic rings. The molecule has 3 nitrogen and oxygen atoms in total. The van der Waals surface area contributed by atoms with Crippen molar-refractivity contribution in [3.8, 4) is 0 Å². The first-order valence-corrected chi connectivity index (χ1v) is 7.12. The summed E-state index contributed by atoms with van der Waals surface area (Å²) < 4.78 is 0. The minimum absolute atomic E-state index is 0.165. The first kappa shape index (κ1) is 12.2. The van der Waals surface area contributed by atoms with E-state index < -0.39 is 11.5 Å². The molecule has 0 spiro atoms. The van der Waals surface area contributed by atoms with Gasteiger partial charge in [0.1, 0.15) is 5.54 Å². The average Bonchev–Trinajstić information content (AvgIpc) is 2.26. The van der Waals surface area contributed by atoms with Crippen LogP contribution in [-0.4, -0.2) is 16.6 Å². The summed E-state index contributed by atoms with van der Waals surface area (Å²) >= 11 is 0. The molecule has 4 saturated carbocycles. The lowest BCUT2D eigenvalue weighted by atomic mass is 9.44. The number of rotatable bonds is 4. The van der Waals surface area contributed by atoms with E-state index in [0.717, 1.165) is 37.0 Å². The summed E-state index contributed by atoms with van der Waals surface area (Å²) in [6.07, 6.45) is 9.08. The molecule has 3 heteroatoms. The Labute approximate surface area is 108 Å². The topological polar surface area (TPSA) is 63.3 Å². The summed E-state index contributed by atoms with van der Waals surface area (Å²) in [7, 11) is 0. The van der Waals surface area contributed by atoms with Gasteiger partial charge in [0.25, 0.3) is 0 Å². The van der Waals surface area contributed by atoms with E-state index in [2.05, 4.69) is 6.58 Å². The van der Waals surface area contributed by atoms with Crippen molar-refractivity contribution in [2.75, 3.05) is 0 Å². The first-order chi connectivity index (χ1) is 8.49. The van der Waals surface area contributed by atoms with Crippen LogP contribution < -0.4 is 5.73 Å². The molecule has 4 fully saturated rings. The molecule has 0 aromatic carbocycles. The van der Waals surface area contributed by atoms with Crippen LogP contribution >= 0.6 is 0 Å². The van der Waals surface area contributed by atoms with Crippen LogP contribution in [0.4, 0.5) is 0 Å². The zero-order chi connectivity index (χ0) is 13.0. The third kappa shape index (κ3) is 1.49. The van der Waals surface area contributed by atoms with Crippen LogP contribution in [0, 0.1) is 23.2 Å². The number of carboxylic acid groups (broad SMARTS) is 1. The molecule has 4 bridgehead atoms. The third-order valence-electron chi connectivity index (χ3n) is 5.83. The van der Waals surface area contributed by atoms with Crippen molar-refractivity contribution in [3.05, 3.63) is 12.7 Å². The van der Waals surface area contributed by atoms with Crippen molar-refractivity contribution in [1.82, 2.24) is 0 Å². The van der Waals surface area contributed by atoms with Gasteiger partial charge in [-0.1, -0.05) is 6.08 Å². The van der Waals surface area contributed by atoms with E-state index in [1.54, 1.807) is 6.08 Å². The van der Waals surface area contributed by atoms with Crippen LogP contribution in [0.2, 0.25) is 0 Å². The number of hydrogen-bond donors (Lipinski definition) is 2. The molecular weight excluding hydrogens is 226 g/mol. The molecule has 0 aromatic rings. The van der Waals surface area contributed by atoms with Crippen LogP contribution in [0.3, 0.4) is 0 Å². The Morgan fingerprint density at radius 1 is 1.28 bits per heavy atom. The Morgan fingerprint density at radius 3 is 2.06 bits per heavy atom. The Bertz CT molecular complexity index is 355. The van der Waals surface area contributed by atoms with Gasteiger partial charge in [0, 0.05) is 5.41 Å². The average molecular weight is 249 g/mol. The molecular formula is C15H23NO2. The van der Waals surface area contributed by atoms with Gasteiger partial charge in [-0.2, -0.15) is 0 Å². The number of hydrogen-bond acceptors (Lipinski definition) is 2. The molecule has 3 N–H and O–H groups in total. The molecule has 4 rings (SSSR count). The summed E-state index contributed by atoms with van der Waals surface area (Å²) in [4.78, 5) is 11.8. The second kappa shape index (κ2) is 3.83. The Hall–Kier alpha value is -0.830. The molecule has 1 atom stereocenters. The van der Waals surface area contributed by atoms with E-state index in [1.807, 2.05) is 0 Å². The predicted octanol–water partition coefficient (Wildman–Crippen LogP) is 2.56. The summed E-state index contributed by atoms with van der Waals surface area (Å²) in [5.41, 5.74) is 5.12. The fraction of sp³-hybridized carbons (Fsp3) is 0.800. The van der Waals surface area contributed by atoms with Gasteiger partial charge in [0.2, 0.25) is 0 Å². The Kier molecular flexibility index (Phi) is 2.60. The highest BCUT2D eigenvalue weighted by Gasteiger charge is 2.61. The van der Waals surface area contributed by atoms with Gasteiger partial charge in [-0.15, -0.1) is 6.58 Å². The van der Waals surface area contributed by atoms with E-state index >= 15 is 0 Å². The molecule has 0 heterocycles. The largest absolute Gasteiger partial charge is 0.480 e. The third-order valence-corrected chi connectivity index (χ3v) is 5.83. The van der Waals surface area contributed by atoms with Crippen molar-refractivity contribution < 1.29 is 9.90 Å². The lowest BCUT2D eigenvalue weighted by molar-refractivity contribution is -0.161. The SMILES string of the molecule is C=CCC(N)(C(=O)O)C12CC3CC(CC(C3)C1)C2. The van der Waals surface area contributed by atoms with Crippen molar-refractivity contribution in [2.45, 2.75) is 50.5 Å². The van der Waals surface area contributed by atoms with Crippen molar-refractivity contribution >= 4 is 5.97 Å². The predicted molar refractivity (Wildman–Crippen MR) is 70.0 cm³/mol. The van der Waals surface area contributed by atoms with Gasteiger partial charge in [-0.05, 0) is 62.7 Å². The smallest absolute Gasteiger partial charge is 0.324 e. The van der Waals surface area contributed by atoms with Crippen LogP contribution in [0.5, 0.6) is 0 Å². The molecule has 0 amide bonds. The first-order valence-electron chi connectivity index (χ1n) is 7.12. The van der Waals surface area contributed by atoms with Gasteiger partial charge in [-0.25, -0.2) is 0 Å². The quantitative estimate of drug-likeness (QED) is 0.753. The van der Waals surface area contributed by atoms with E-state index in [0.29, 0.717) is 6.42 Å². The summed E-state index contributed by atoms with van der Waals surface area (Å²) in [6, 6.07) is 0. The van der Waals surface area contributed by atoms with Crippen LogP contribution in [0.25, 0.3) is 0 Å². The summed E-state index contributed by atoms with van der Waals surface area (Å²) in [5.74, 6) is 1.35. The van der Waals surface area contributed by atoms with Crippen molar-refractivity contribution in [3.63, 3.8) is 0 Å². The maximum absolute atomic E-state index is 11.8. The van der Waals surface area contributed by atoms with Gasteiger partial charge < -0.3 is 10.8 Å². The maximum atomic E-state index is 11.8. The van der Waals surface area contributed by atoms with Crippen LogP contribution in [0.1, 0.15) is 44.9 Å². The van der Waals surface area contributed by atoms with E-state index in [4.69, 9.17) is 5.73 Å². The molecule has 0 aromatic heterocycles. The maximum Gasteiger partial charge on any atom is 0.324 e. The lowest BCUT2D eigenvalue weighted by Gasteiger charge is -2.61. The highest BCUT2D eigenvalue weighted by Crippen LogP contribution is 2.63. The Morgan fingerprint density at radius 2 is 1.72 bits per heavy atom. The number of carbonyl (C=O) groups is 1. The van der Waals surface area contributed by atoms with Gasteiger partial charge in [0.15, 0.2) is 0 Å². The van der Waals surface area contributed by atoms with Gasteiger partial charge >= 0.3 is 5.97 Å². The minimum atomic E-state index is -1.09. The fourth-order valence-electron chi connectivity index (χ4n) is 5.42. The molecule has 0 saturated heterocycles. The van der Waals surface area contributed by atoms with E-state index in [9.17, 15) is 9.90 Å². The molecule has 0 radical (unpaired) electrons. The van der Waals surface area contributed by atoms with Crippen LogP contribution in [0.15, 0.2) is 12.7 Å². The van der Waals surface area contributed by atoms with E-state index in [-0.39, 0.29) is 5.41 Å². The highest BCUT2D eigenvalue weighted by molar-refractivity contribution is 5.80. The zero-order valence-electron chi connectivity index (χ0n) is 10.9. The molecule has 4 aliphatic carbocycles. The number of nitrogens with two attached hydrogens (primary N) is 1. The second-order valence-electron chi connectivity index (χ2n) is 6.97. The minimum Gasteiger partial charge on any atom is -0.480 e. The van der Waals surface area contributed by atoms with Crippen LogP contribution in [-0.2, 0) is 4.79 Å². The van der Waals surface area contributed by atoms with Gasteiger partial charge in [-0.3, -0.25) is 4.79 Å². The monoisotopic (exact) mass is 249 g/mol. The Balaban J connectivity index is 1.98. The van der Waals surface area contributed by atoms with Gasteiger partial charge in [0.05, 0.1) is 0 Å². The molecule has 1 unspecified atom stereocenters.